The van der Waals surface area contributed by atoms with E-state index in [9.17, 15) is 0 Å². The molecule has 136 valence electrons. The van der Waals surface area contributed by atoms with E-state index in [1.165, 1.54) is 5.56 Å². The average molecular weight is 344 g/mol. The second-order valence-corrected chi connectivity index (χ2v) is 6.28. The lowest BCUT2D eigenvalue weighted by Crippen LogP contribution is -2.37. The Bertz CT molecular complexity index is 735. The summed E-state index contributed by atoms with van der Waals surface area (Å²) in [7, 11) is 3.70. The summed E-state index contributed by atoms with van der Waals surface area (Å²) in [6.45, 7) is 9.23. The van der Waals surface area contributed by atoms with Crippen LogP contribution in [0.25, 0.3) is 0 Å². The fraction of sp³-hybridized carbons (Fsp3) is 0.500. The maximum atomic E-state index is 5.92. The van der Waals surface area contributed by atoms with Crippen molar-refractivity contribution in [3.8, 4) is 5.75 Å². The normalized spacial score (nSPS) is 11.7. The molecule has 7 nitrogen and oxygen atoms in total. The highest BCUT2D eigenvalue weighted by atomic mass is 16.5. The van der Waals surface area contributed by atoms with E-state index in [4.69, 9.17) is 4.74 Å². The molecule has 0 spiro atoms. The molecule has 0 amide bonds. The number of ether oxygens (including phenoxy) is 1. The molecule has 2 aromatic rings. The predicted molar refractivity (Wildman–Crippen MR) is 99.7 cm³/mol. The highest BCUT2D eigenvalue weighted by Gasteiger charge is 2.09. The van der Waals surface area contributed by atoms with Gasteiger partial charge in [0.15, 0.2) is 11.8 Å². The largest absolute Gasteiger partial charge is 0.491 e. The zero-order valence-electron chi connectivity index (χ0n) is 15.9. The van der Waals surface area contributed by atoms with Crippen molar-refractivity contribution in [2.45, 2.75) is 46.9 Å². The van der Waals surface area contributed by atoms with Gasteiger partial charge in [-0.3, -0.25) is 4.99 Å². The number of hydrogen-bond acceptors (Lipinski definition) is 4. The molecule has 2 N–H and O–H groups in total. The fourth-order valence-electron chi connectivity index (χ4n) is 2.34. The molecule has 0 saturated carbocycles. The molecular formula is C18H28N6O. The van der Waals surface area contributed by atoms with Crippen LogP contribution in [0.5, 0.6) is 5.75 Å². The molecule has 0 atom stereocenters. The number of rotatable bonds is 6. The van der Waals surface area contributed by atoms with Gasteiger partial charge in [0, 0.05) is 26.2 Å². The average Bonchev–Trinajstić information content (AvgIpc) is 2.88. The third kappa shape index (κ3) is 5.20. The molecule has 25 heavy (non-hydrogen) atoms. The molecular weight excluding hydrogens is 316 g/mol. The molecule has 0 aliphatic carbocycles. The number of aliphatic imine (C=N–C) groups is 1. The topological polar surface area (TPSA) is 76.4 Å². The van der Waals surface area contributed by atoms with E-state index >= 15 is 0 Å². The first-order valence-corrected chi connectivity index (χ1v) is 8.46. The highest BCUT2D eigenvalue weighted by molar-refractivity contribution is 5.79. The predicted octanol–water partition coefficient (Wildman–Crippen LogP) is 2.08. The molecule has 2 rings (SSSR count). The van der Waals surface area contributed by atoms with Crippen LogP contribution < -0.4 is 15.4 Å². The Labute approximate surface area is 149 Å². The Kier molecular flexibility index (Phi) is 6.38. The number of hydrogen-bond donors (Lipinski definition) is 2. The van der Waals surface area contributed by atoms with Gasteiger partial charge in [-0.15, -0.1) is 10.2 Å². The van der Waals surface area contributed by atoms with E-state index in [1.54, 1.807) is 7.05 Å². The van der Waals surface area contributed by atoms with Crippen molar-refractivity contribution in [2.75, 3.05) is 7.05 Å². The number of aromatic nitrogens is 3. The zero-order valence-corrected chi connectivity index (χ0v) is 15.9. The van der Waals surface area contributed by atoms with Gasteiger partial charge in [0.25, 0.3) is 0 Å². The smallest absolute Gasteiger partial charge is 0.191 e. The first-order valence-electron chi connectivity index (χ1n) is 8.46. The first kappa shape index (κ1) is 18.8. The molecule has 0 radical (unpaired) electrons. The molecule has 1 aromatic carbocycles. The first-order chi connectivity index (χ1) is 11.9. The molecule has 0 aliphatic heterocycles. The van der Waals surface area contributed by atoms with Crippen LogP contribution in [0.15, 0.2) is 23.2 Å². The van der Waals surface area contributed by atoms with Crippen LogP contribution in [0, 0.1) is 13.8 Å². The van der Waals surface area contributed by atoms with E-state index in [2.05, 4.69) is 50.9 Å². The van der Waals surface area contributed by atoms with Crippen molar-refractivity contribution in [1.29, 1.82) is 0 Å². The van der Waals surface area contributed by atoms with Crippen molar-refractivity contribution >= 4 is 5.96 Å². The number of nitrogens with one attached hydrogen (secondary N) is 2. The molecule has 0 fully saturated rings. The molecule has 1 aromatic heterocycles. The molecule has 0 aliphatic rings. The minimum Gasteiger partial charge on any atom is -0.491 e. The SMILES string of the molecule is CN=C(NCc1ccc(C)cc1OC(C)C)NCc1nnc(C)n1C. The van der Waals surface area contributed by atoms with Crippen molar-refractivity contribution in [1.82, 2.24) is 25.4 Å². The van der Waals surface area contributed by atoms with Crippen LogP contribution in [0.2, 0.25) is 0 Å². The summed E-state index contributed by atoms with van der Waals surface area (Å²) in [6, 6.07) is 6.23. The van der Waals surface area contributed by atoms with Crippen LogP contribution in [-0.2, 0) is 20.1 Å². The maximum absolute atomic E-state index is 5.92. The quantitative estimate of drug-likeness (QED) is 0.620. The summed E-state index contributed by atoms with van der Waals surface area (Å²) < 4.78 is 7.87. The van der Waals surface area contributed by atoms with Gasteiger partial charge >= 0.3 is 0 Å². The third-order valence-electron chi connectivity index (χ3n) is 3.85. The molecule has 1 heterocycles. The van der Waals surface area contributed by atoms with Gasteiger partial charge in [-0.05, 0) is 39.3 Å². The number of nitrogens with zero attached hydrogens (tertiary/aromatic N) is 4. The van der Waals surface area contributed by atoms with E-state index in [0.717, 1.165) is 23.0 Å². The van der Waals surface area contributed by atoms with Crippen molar-refractivity contribution in [3.63, 3.8) is 0 Å². The minimum absolute atomic E-state index is 0.136. The van der Waals surface area contributed by atoms with Gasteiger partial charge in [-0.25, -0.2) is 0 Å². The number of aryl methyl sites for hydroxylation is 2. The van der Waals surface area contributed by atoms with Crippen molar-refractivity contribution < 1.29 is 4.74 Å². The number of benzene rings is 1. The summed E-state index contributed by atoms with van der Waals surface area (Å²) in [6.07, 6.45) is 0.136. The summed E-state index contributed by atoms with van der Waals surface area (Å²) in [5.41, 5.74) is 2.27. The molecule has 7 heteroatoms. The lowest BCUT2D eigenvalue weighted by molar-refractivity contribution is 0.239. The summed E-state index contributed by atoms with van der Waals surface area (Å²) in [5, 5.41) is 14.8. The van der Waals surface area contributed by atoms with Crippen LogP contribution in [0.3, 0.4) is 0 Å². The van der Waals surface area contributed by atoms with Crippen molar-refractivity contribution in [3.05, 3.63) is 41.0 Å². The minimum atomic E-state index is 0.136. The summed E-state index contributed by atoms with van der Waals surface area (Å²) in [4.78, 5) is 4.26. The molecule has 0 saturated heterocycles. The summed E-state index contributed by atoms with van der Waals surface area (Å²) >= 11 is 0. The third-order valence-corrected chi connectivity index (χ3v) is 3.85. The Morgan fingerprint density at radius 2 is 1.92 bits per heavy atom. The Balaban J connectivity index is 1.98. The maximum Gasteiger partial charge on any atom is 0.191 e. The summed E-state index contributed by atoms with van der Waals surface area (Å²) in [5.74, 6) is 3.35. The van der Waals surface area contributed by atoms with Crippen LogP contribution in [0.1, 0.15) is 36.6 Å². The second-order valence-electron chi connectivity index (χ2n) is 6.28. The molecule has 0 bridgehead atoms. The lowest BCUT2D eigenvalue weighted by Gasteiger charge is -2.17. The molecule has 0 unspecified atom stereocenters. The van der Waals surface area contributed by atoms with Gasteiger partial charge in [-0.1, -0.05) is 12.1 Å². The van der Waals surface area contributed by atoms with E-state index in [1.807, 2.05) is 32.4 Å². The number of guanidine groups is 1. The Hall–Kier alpha value is -2.57. The lowest BCUT2D eigenvalue weighted by atomic mass is 10.1. The van der Waals surface area contributed by atoms with E-state index in [0.29, 0.717) is 19.0 Å². The van der Waals surface area contributed by atoms with Gasteiger partial charge in [0.2, 0.25) is 0 Å². The van der Waals surface area contributed by atoms with E-state index < -0.39 is 0 Å². The Morgan fingerprint density at radius 3 is 2.52 bits per heavy atom. The van der Waals surface area contributed by atoms with Gasteiger partial charge in [0.1, 0.15) is 11.6 Å². The fourth-order valence-corrected chi connectivity index (χ4v) is 2.34. The van der Waals surface area contributed by atoms with E-state index in [-0.39, 0.29) is 6.10 Å². The Morgan fingerprint density at radius 1 is 1.20 bits per heavy atom. The van der Waals surface area contributed by atoms with Crippen LogP contribution in [0.4, 0.5) is 0 Å². The van der Waals surface area contributed by atoms with Gasteiger partial charge in [0.05, 0.1) is 12.6 Å². The zero-order chi connectivity index (χ0) is 18.4. The second kappa shape index (κ2) is 8.50. The van der Waals surface area contributed by atoms with Gasteiger partial charge < -0.3 is 19.9 Å². The van der Waals surface area contributed by atoms with Crippen LogP contribution in [-0.4, -0.2) is 33.9 Å². The monoisotopic (exact) mass is 344 g/mol. The van der Waals surface area contributed by atoms with Crippen LogP contribution >= 0.6 is 0 Å². The van der Waals surface area contributed by atoms with Crippen molar-refractivity contribution in [2.24, 2.45) is 12.0 Å². The standard InChI is InChI=1S/C18H28N6O/c1-12(2)25-16-9-13(3)7-8-15(16)10-20-18(19-5)21-11-17-23-22-14(4)24(17)6/h7-9,12H,10-11H2,1-6H3,(H2,19,20,21). The highest BCUT2D eigenvalue weighted by Crippen LogP contribution is 2.21. The van der Waals surface area contributed by atoms with Gasteiger partial charge in [-0.2, -0.15) is 0 Å².